The molecule has 15 amide bonds. The molecule has 7 rings (SSSR count). The molecule has 1 saturated heterocycles. The third-order valence-corrected chi connectivity index (χ3v) is 20.2. The quantitative estimate of drug-likeness (QED) is 0.0397. The lowest BCUT2D eigenvalue weighted by molar-refractivity contribution is -0.143. The Bertz CT molecular complexity index is 4460. The van der Waals surface area contributed by atoms with Gasteiger partial charge in [0.05, 0.1) is 25.4 Å². The van der Waals surface area contributed by atoms with Crippen molar-refractivity contribution >= 4 is 111 Å². The highest BCUT2D eigenvalue weighted by Crippen LogP contribution is 2.23. The first-order valence-electron chi connectivity index (χ1n) is 38.4. The summed E-state index contributed by atoms with van der Waals surface area (Å²) in [6, 6.07) is 18.3. The van der Waals surface area contributed by atoms with E-state index in [0.29, 0.717) is 38.7 Å². The first-order valence-corrected chi connectivity index (χ1v) is 39.6. The Kier molecular flexibility index (Phi) is 35.3. The van der Waals surface area contributed by atoms with Gasteiger partial charge in [-0.25, -0.2) is 0 Å². The molecule has 1 fully saturated rings. The molecule has 0 radical (unpaired) electrons. The van der Waals surface area contributed by atoms with Crippen LogP contribution in [0.25, 0.3) is 10.9 Å². The van der Waals surface area contributed by atoms with Crippen LogP contribution in [0.2, 0.25) is 0 Å². The average Bonchev–Trinajstić information content (AvgIpc) is 1.73. The van der Waals surface area contributed by atoms with Gasteiger partial charge in [-0.15, -0.1) is 11.8 Å². The van der Waals surface area contributed by atoms with Gasteiger partial charge in [0.1, 0.15) is 78.0 Å². The summed E-state index contributed by atoms with van der Waals surface area (Å²) in [4.78, 5) is 220. The van der Waals surface area contributed by atoms with Crippen LogP contribution in [-0.2, 0) is 104 Å². The van der Waals surface area contributed by atoms with Crippen LogP contribution in [-0.4, -0.2) is 219 Å². The van der Waals surface area contributed by atoms with Crippen LogP contribution in [0.5, 0.6) is 11.5 Å². The summed E-state index contributed by atoms with van der Waals surface area (Å²) in [5, 5.41) is 63.1. The zero-order valence-corrected chi connectivity index (χ0v) is 67.1. The van der Waals surface area contributed by atoms with E-state index in [-0.39, 0.29) is 74.0 Å². The molecule has 117 heavy (non-hydrogen) atoms. The number of fused-ring (bicyclic) bond motifs is 1. The molecule has 1 aliphatic heterocycles. The number of aliphatic hydroxyl groups is 1. The predicted octanol–water partition coefficient (Wildman–Crippen LogP) is -0.762. The van der Waals surface area contributed by atoms with Crippen molar-refractivity contribution in [3.63, 3.8) is 0 Å². The molecule has 11 atom stereocenters. The van der Waals surface area contributed by atoms with Gasteiger partial charge in [-0.1, -0.05) is 145 Å². The number of aromatic amines is 1. The zero-order chi connectivity index (χ0) is 85.6. The maximum atomic E-state index is 15.6. The Labute approximate surface area is 681 Å². The van der Waals surface area contributed by atoms with Gasteiger partial charge in [-0.05, 0) is 95.2 Å². The second kappa shape index (κ2) is 45.0. The van der Waals surface area contributed by atoms with E-state index >= 15 is 14.4 Å². The summed E-state index contributed by atoms with van der Waals surface area (Å²) in [7, 11) is 1.31. The third kappa shape index (κ3) is 29.4. The summed E-state index contributed by atoms with van der Waals surface area (Å²) in [5.74, 6) is -16.8. The standard InChI is InChI=1S/C82H106N16O18S/c1-45(2)32-58-75(109)96-65(73(107)86-40-68(84)103)43-117-44-70(105)89-60(34-48-16-10-8-11-17-48)76(110)92-61(35-50-22-26-53(100)27-23-50)77(111)91-59(33-46(3)4)79(113)97-71(47(5)6)81(115)90-57(30-31-67(83)102)74(108)95-64(42-99)72(106)87-41-69(104)88-62(38-52-39-85-56-21-15-14-20-55(52)56)78(112)94-63(36-51-24-28-54(101)29-25-51)82(116)98(7)66(80(114)93-58)37-49-18-12-9-13-19-49/h8-29,39,45-47,57-66,71,85,99-101H,30-38,40-44H2,1-7H3,(H2,83,102)(H2,84,103)(H,86,107)(H,87,106)(H,88,104)(H,89,105)(H,90,115)(H,91,111)(H,92,110)(H,93,114)(H,94,112)(H,95,108)(H,96,109)(H,97,113)/t57-,58-,59-,60-,61-,62-,63-,64-,65-,66-,71-/m0/s1. The molecule has 20 N–H and O–H groups in total. The number of aromatic hydroxyl groups is 2. The van der Waals surface area contributed by atoms with E-state index in [1.165, 1.54) is 55.6 Å². The Balaban J connectivity index is 1.30. The number of nitrogens with one attached hydrogen (secondary N) is 13. The average molecular weight is 1640 g/mol. The number of hydrogen-bond acceptors (Lipinski definition) is 19. The second-order valence-electron chi connectivity index (χ2n) is 29.9. The molecule has 34 nitrogen and oxygen atoms in total. The smallest absolute Gasteiger partial charge is 0.245 e. The first-order chi connectivity index (χ1) is 55.6. The molecule has 6 aromatic rings. The number of nitrogens with two attached hydrogens (primary N) is 2. The van der Waals surface area contributed by atoms with Gasteiger partial charge in [0, 0.05) is 68.4 Å². The molecule has 0 aliphatic carbocycles. The number of aliphatic hydroxyl groups excluding tert-OH is 1. The van der Waals surface area contributed by atoms with Crippen LogP contribution in [0.15, 0.2) is 140 Å². The number of hydrogen-bond donors (Lipinski definition) is 18. The molecule has 35 heteroatoms. The molecule has 628 valence electrons. The number of thioether (sulfide) groups is 1. The Hall–Kier alpha value is -12.4. The van der Waals surface area contributed by atoms with E-state index in [9.17, 15) is 72.9 Å². The Morgan fingerprint density at radius 3 is 1.48 bits per heavy atom. The molecular formula is C82H106N16O18S. The molecule has 5 aromatic carbocycles. The lowest BCUT2D eigenvalue weighted by Crippen LogP contribution is -2.61. The van der Waals surface area contributed by atoms with Crippen molar-refractivity contribution in [2.24, 2.45) is 29.2 Å². The predicted molar refractivity (Wildman–Crippen MR) is 434 cm³/mol. The SMILES string of the molecule is CC(C)C[C@@H]1NC(=O)[C@H](Cc2ccc(O)cc2)NC(=O)[C@H](Cc2ccccc2)NC(=O)CSC[C@@H](C(=O)NCC(N)=O)NC(=O)[C@H](CC(C)C)NC(=O)[C@H](Cc2ccccc2)N(C)C(=O)[C@H](Cc2ccc(O)cc2)NC(=O)[C@H](Cc2c[nH]c3ccccc23)NC(=O)CNC(=O)[C@H](CO)NC(=O)[C@H](CCC(N)=O)NC(=O)[C@H](C(C)C)NC1=O. The van der Waals surface area contributed by atoms with Crippen molar-refractivity contribution in [3.05, 3.63) is 167 Å². The zero-order valence-electron chi connectivity index (χ0n) is 66.2. The van der Waals surface area contributed by atoms with E-state index in [0.717, 1.165) is 16.7 Å². The number of primary amides is 2. The lowest BCUT2D eigenvalue weighted by atomic mass is 9.98. The number of H-pyrrole nitrogens is 1. The minimum Gasteiger partial charge on any atom is -0.508 e. The highest BCUT2D eigenvalue weighted by molar-refractivity contribution is 8.00. The lowest BCUT2D eigenvalue weighted by Gasteiger charge is -2.33. The minimum atomic E-state index is -1.86. The van der Waals surface area contributed by atoms with Crippen molar-refractivity contribution in [1.82, 2.24) is 73.7 Å². The van der Waals surface area contributed by atoms with Crippen LogP contribution >= 0.6 is 11.8 Å². The molecular weight excluding hydrogens is 1530 g/mol. The molecule has 2 heterocycles. The van der Waals surface area contributed by atoms with Crippen molar-refractivity contribution in [3.8, 4) is 11.5 Å². The van der Waals surface area contributed by atoms with Crippen molar-refractivity contribution < 1.29 is 87.2 Å². The molecule has 0 saturated carbocycles. The fourth-order valence-corrected chi connectivity index (χ4v) is 13.8. The van der Waals surface area contributed by atoms with Gasteiger partial charge in [0.25, 0.3) is 0 Å². The van der Waals surface area contributed by atoms with E-state index in [4.69, 9.17) is 11.5 Å². The number of para-hydroxylation sites is 1. The minimum absolute atomic E-state index is 0.0590. The number of phenols is 2. The maximum Gasteiger partial charge on any atom is 0.245 e. The maximum absolute atomic E-state index is 15.6. The van der Waals surface area contributed by atoms with Crippen molar-refractivity contribution in [2.75, 3.05) is 38.2 Å². The molecule has 0 bridgehead atoms. The third-order valence-electron chi connectivity index (χ3n) is 19.1. The van der Waals surface area contributed by atoms with Crippen molar-refractivity contribution in [1.29, 1.82) is 0 Å². The van der Waals surface area contributed by atoms with E-state index in [1.807, 2.05) is 0 Å². The fourth-order valence-electron chi connectivity index (χ4n) is 12.9. The molecule has 0 unspecified atom stereocenters. The number of phenolic OH excluding ortho intramolecular Hbond substituents is 2. The van der Waals surface area contributed by atoms with Crippen molar-refractivity contribution in [2.45, 2.75) is 166 Å². The number of likely N-dealkylation sites (N-methyl/N-ethyl adjacent to an activating group) is 1. The van der Waals surface area contributed by atoms with Crippen LogP contribution in [0.1, 0.15) is 95.0 Å². The highest BCUT2D eigenvalue weighted by atomic mass is 32.2. The van der Waals surface area contributed by atoms with E-state index in [2.05, 4.69) is 68.8 Å². The summed E-state index contributed by atoms with van der Waals surface area (Å²) < 4.78 is 0. The monoisotopic (exact) mass is 1630 g/mol. The Morgan fingerprint density at radius 2 is 0.932 bits per heavy atom. The van der Waals surface area contributed by atoms with Crippen LogP contribution in [0.3, 0.4) is 0 Å². The van der Waals surface area contributed by atoms with Gasteiger partial charge < -0.3 is 100 Å². The number of aromatic nitrogens is 1. The largest absolute Gasteiger partial charge is 0.508 e. The summed E-state index contributed by atoms with van der Waals surface area (Å²) in [6.07, 6.45) is -0.682. The second-order valence-corrected chi connectivity index (χ2v) is 30.9. The van der Waals surface area contributed by atoms with E-state index in [1.54, 1.807) is 133 Å². The number of benzene rings is 5. The summed E-state index contributed by atoms with van der Waals surface area (Å²) in [6.45, 7) is 7.42. The highest BCUT2D eigenvalue weighted by Gasteiger charge is 2.40. The van der Waals surface area contributed by atoms with Crippen LogP contribution < -0.4 is 75.3 Å². The van der Waals surface area contributed by atoms with E-state index < -0.39 is 199 Å². The summed E-state index contributed by atoms with van der Waals surface area (Å²) in [5.41, 5.74) is 14.0. The topological polar surface area (TPSA) is 532 Å². The van der Waals surface area contributed by atoms with Gasteiger partial charge >= 0.3 is 0 Å². The molecule has 1 aromatic heterocycles. The van der Waals surface area contributed by atoms with Gasteiger partial charge in [-0.2, -0.15) is 0 Å². The van der Waals surface area contributed by atoms with Crippen LogP contribution in [0, 0.1) is 17.8 Å². The van der Waals surface area contributed by atoms with Gasteiger partial charge in [-0.3, -0.25) is 71.9 Å². The number of carbonyl (C=O) groups excluding carboxylic acids is 15. The number of nitrogens with zero attached hydrogens (tertiary/aromatic N) is 1. The molecule has 1 aliphatic rings. The normalized spacial score (nSPS) is 22.4. The summed E-state index contributed by atoms with van der Waals surface area (Å²) >= 11 is 0.820. The molecule has 0 spiro atoms. The first kappa shape index (κ1) is 91.8. The fraction of sp³-hybridized carbons (Fsp3) is 0.427. The number of rotatable bonds is 22. The van der Waals surface area contributed by atoms with Crippen LogP contribution in [0.4, 0.5) is 0 Å². The van der Waals surface area contributed by atoms with Gasteiger partial charge in [0.15, 0.2) is 0 Å². The number of amides is 15. The number of carbonyl (C=O) groups is 15. The Morgan fingerprint density at radius 1 is 0.479 bits per heavy atom. The van der Waals surface area contributed by atoms with Gasteiger partial charge in [0.2, 0.25) is 88.6 Å².